The van der Waals surface area contributed by atoms with Gasteiger partial charge >= 0.3 is 0 Å². The molecule has 0 atom stereocenters. The molecule has 0 fully saturated rings. The number of nitrogens with one attached hydrogen (secondary N) is 1. The number of nitrogens with two attached hydrogens (primary N) is 1. The molecule has 0 aromatic heterocycles. The second kappa shape index (κ2) is 5.46. The second-order valence-electron chi connectivity index (χ2n) is 3.69. The minimum atomic E-state index is -0.426. The van der Waals surface area contributed by atoms with Crippen molar-refractivity contribution in [3.05, 3.63) is 58.3 Å². The van der Waals surface area contributed by atoms with Gasteiger partial charge in [0.1, 0.15) is 10.8 Å². The fourth-order valence-corrected chi connectivity index (χ4v) is 1.92. The van der Waals surface area contributed by atoms with E-state index in [0.29, 0.717) is 5.69 Å². The van der Waals surface area contributed by atoms with Gasteiger partial charge in [-0.15, -0.1) is 0 Å². The van der Waals surface area contributed by atoms with Crippen molar-refractivity contribution in [3.8, 4) is 0 Å². The van der Waals surface area contributed by atoms with Gasteiger partial charge < -0.3 is 11.1 Å². The van der Waals surface area contributed by atoms with Crippen LogP contribution in [0.1, 0.15) is 5.56 Å². The first kappa shape index (κ1) is 13.0. The Bertz CT molecular complexity index is 584. The van der Waals surface area contributed by atoms with Gasteiger partial charge in [0, 0.05) is 21.4 Å². The van der Waals surface area contributed by atoms with Gasteiger partial charge in [0.2, 0.25) is 0 Å². The maximum atomic E-state index is 13.7. The predicted molar refractivity (Wildman–Crippen MR) is 79.7 cm³/mol. The Hall–Kier alpha value is -1.46. The van der Waals surface area contributed by atoms with Crippen LogP contribution in [-0.4, -0.2) is 4.99 Å². The number of rotatable bonds is 3. The van der Waals surface area contributed by atoms with Crippen molar-refractivity contribution in [3.63, 3.8) is 0 Å². The molecule has 92 valence electrons. The molecule has 0 aliphatic carbocycles. The number of halogens is 2. The Balaban J connectivity index is 2.22. The SMILES string of the molecule is NC(=S)c1ccc(Nc2ccc(Br)cc2)cc1F. The van der Waals surface area contributed by atoms with Crippen molar-refractivity contribution in [1.82, 2.24) is 0 Å². The van der Waals surface area contributed by atoms with E-state index in [0.717, 1.165) is 10.2 Å². The van der Waals surface area contributed by atoms with Crippen LogP contribution in [0.5, 0.6) is 0 Å². The highest BCUT2D eigenvalue weighted by atomic mass is 79.9. The average molecular weight is 325 g/mol. The third-order valence-electron chi connectivity index (χ3n) is 2.37. The summed E-state index contributed by atoms with van der Waals surface area (Å²) in [5.74, 6) is -0.426. The number of hydrogen-bond donors (Lipinski definition) is 2. The van der Waals surface area contributed by atoms with Gasteiger partial charge in [-0.05, 0) is 42.5 Å². The number of thiocarbonyl (C=S) groups is 1. The molecule has 0 radical (unpaired) electrons. The van der Waals surface area contributed by atoms with Gasteiger partial charge in [-0.3, -0.25) is 0 Å². The highest BCUT2D eigenvalue weighted by molar-refractivity contribution is 9.10. The zero-order valence-electron chi connectivity index (χ0n) is 9.28. The molecule has 0 amide bonds. The Morgan fingerprint density at radius 2 is 1.72 bits per heavy atom. The lowest BCUT2D eigenvalue weighted by Gasteiger charge is -2.08. The molecule has 0 aliphatic rings. The van der Waals surface area contributed by atoms with Crippen LogP contribution in [0.25, 0.3) is 0 Å². The van der Waals surface area contributed by atoms with E-state index in [1.807, 2.05) is 24.3 Å². The summed E-state index contributed by atoms with van der Waals surface area (Å²) < 4.78 is 14.6. The van der Waals surface area contributed by atoms with Crippen molar-refractivity contribution in [1.29, 1.82) is 0 Å². The molecule has 0 unspecified atom stereocenters. The molecule has 0 saturated carbocycles. The minimum absolute atomic E-state index is 0.0580. The summed E-state index contributed by atoms with van der Waals surface area (Å²) in [5, 5.41) is 3.09. The number of hydrogen-bond acceptors (Lipinski definition) is 2. The first-order valence-corrected chi connectivity index (χ1v) is 6.38. The van der Waals surface area contributed by atoms with Crippen LogP contribution in [0.3, 0.4) is 0 Å². The van der Waals surface area contributed by atoms with Crippen molar-refractivity contribution in [2.24, 2.45) is 5.73 Å². The first-order valence-electron chi connectivity index (χ1n) is 5.18. The summed E-state index contributed by atoms with van der Waals surface area (Å²) in [6.45, 7) is 0. The maximum Gasteiger partial charge on any atom is 0.135 e. The highest BCUT2D eigenvalue weighted by Crippen LogP contribution is 2.21. The Kier molecular flexibility index (Phi) is 3.93. The molecule has 0 bridgehead atoms. The highest BCUT2D eigenvalue weighted by Gasteiger charge is 2.05. The van der Waals surface area contributed by atoms with E-state index >= 15 is 0 Å². The quantitative estimate of drug-likeness (QED) is 0.839. The van der Waals surface area contributed by atoms with E-state index in [1.54, 1.807) is 12.1 Å². The largest absolute Gasteiger partial charge is 0.389 e. The predicted octanol–water partition coefficient (Wildman–Crippen LogP) is 3.97. The standard InChI is InChI=1S/C13H10BrFN2S/c14-8-1-3-9(4-2-8)17-10-5-6-11(13(16)18)12(15)7-10/h1-7,17H,(H2,16,18). The van der Waals surface area contributed by atoms with Gasteiger partial charge in [0.15, 0.2) is 0 Å². The van der Waals surface area contributed by atoms with Gasteiger partial charge in [-0.25, -0.2) is 4.39 Å². The van der Waals surface area contributed by atoms with Crippen molar-refractivity contribution < 1.29 is 4.39 Å². The zero-order valence-corrected chi connectivity index (χ0v) is 11.7. The fraction of sp³-hybridized carbons (Fsp3) is 0. The zero-order chi connectivity index (χ0) is 13.1. The molecule has 0 saturated heterocycles. The summed E-state index contributed by atoms with van der Waals surface area (Å²) >= 11 is 8.10. The molecule has 2 rings (SSSR count). The third kappa shape index (κ3) is 3.05. The number of benzene rings is 2. The Labute approximate surface area is 118 Å². The van der Waals surface area contributed by atoms with E-state index in [1.165, 1.54) is 6.07 Å². The van der Waals surface area contributed by atoms with Crippen LogP contribution in [-0.2, 0) is 0 Å². The van der Waals surface area contributed by atoms with Crippen LogP contribution < -0.4 is 11.1 Å². The smallest absolute Gasteiger partial charge is 0.135 e. The normalized spacial score (nSPS) is 10.1. The van der Waals surface area contributed by atoms with Crippen molar-refractivity contribution in [2.45, 2.75) is 0 Å². The van der Waals surface area contributed by atoms with E-state index in [2.05, 4.69) is 21.2 Å². The monoisotopic (exact) mass is 324 g/mol. The van der Waals surface area contributed by atoms with Gasteiger partial charge in [0.25, 0.3) is 0 Å². The summed E-state index contributed by atoms with van der Waals surface area (Å²) in [4.78, 5) is 0.0580. The van der Waals surface area contributed by atoms with Crippen molar-refractivity contribution >= 4 is 44.5 Å². The lowest BCUT2D eigenvalue weighted by molar-refractivity contribution is 0.626. The summed E-state index contributed by atoms with van der Waals surface area (Å²) in [7, 11) is 0. The van der Waals surface area contributed by atoms with Gasteiger partial charge in [-0.2, -0.15) is 0 Å². The summed E-state index contributed by atoms with van der Waals surface area (Å²) in [6, 6.07) is 12.3. The van der Waals surface area contributed by atoms with Gasteiger partial charge in [-0.1, -0.05) is 28.1 Å². The molecule has 0 heterocycles. The molecule has 18 heavy (non-hydrogen) atoms. The fourth-order valence-electron chi connectivity index (χ4n) is 1.49. The summed E-state index contributed by atoms with van der Waals surface area (Å²) in [5.41, 5.74) is 7.18. The van der Waals surface area contributed by atoms with E-state index in [9.17, 15) is 4.39 Å². The topological polar surface area (TPSA) is 38.0 Å². The molecule has 2 aromatic rings. The maximum absolute atomic E-state index is 13.7. The van der Waals surface area contributed by atoms with Gasteiger partial charge in [0.05, 0.1) is 0 Å². The summed E-state index contributed by atoms with van der Waals surface area (Å²) in [6.07, 6.45) is 0. The Morgan fingerprint density at radius 3 is 2.28 bits per heavy atom. The second-order valence-corrected chi connectivity index (χ2v) is 5.05. The molecule has 3 N–H and O–H groups in total. The molecular formula is C13H10BrFN2S. The third-order valence-corrected chi connectivity index (χ3v) is 3.12. The van der Waals surface area contributed by atoms with Crippen LogP contribution in [0.2, 0.25) is 0 Å². The first-order chi connectivity index (χ1) is 8.56. The van der Waals surface area contributed by atoms with Crippen molar-refractivity contribution in [2.75, 3.05) is 5.32 Å². The van der Waals surface area contributed by atoms with Crippen LogP contribution in [0.4, 0.5) is 15.8 Å². The van der Waals surface area contributed by atoms with E-state index in [-0.39, 0.29) is 10.6 Å². The molecule has 0 aliphatic heterocycles. The lowest BCUT2D eigenvalue weighted by atomic mass is 10.2. The van der Waals surface area contributed by atoms with Crippen LogP contribution in [0.15, 0.2) is 46.9 Å². The van der Waals surface area contributed by atoms with E-state index in [4.69, 9.17) is 18.0 Å². The molecule has 2 aromatic carbocycles. The van der Waals surface area contributed by atoms with Crippen LogP contribution >= 0.6 is 28.1 Å². The molecule has 2 nitrogen and oxygen atoms in total. The van der Waals surface area contributed by atoms with E-state index < -0.39 is 5.82 Å². The lowest BCUT2D eigenvalue weighted by Crippen LogP contribution is -2.11. The molecule has 5 heteroatoms. The molecule has 0 spiro atoms. The Morgan fingerprint density at radius 1 is 1.11 bits per heavy atom. The molecular weight excluding hydrogens is 315 g/mol. The average Bonchev–Trinajstić information content (AvgIpc) is 2.32. The minimum Gasteiger partial charge on any atom is -0.389 e. The van der Waals surface area contributed by atoms with Crippen LogP contribution in [0, 0.1) is 5.82 Å². The number of anilines is 2.